The fourth-order valence-electron chi connectivity index (χ4n) is 3.45. The first-order valence-corrected chi connectivity index (χ1v) is 8.75. The number of hydrogen-bond acceptors (Lipinski definition) is 2. The van der Waals surface area contributed by atoms with Crippen LogP contribution < -0.4 is 0 Å². The zero-order valence-corrected chi connectivity index (χ0v) is 14.0. The van der Waals surface area contributed by atoms with E-state index in [4.69, 9.17) is 4.98 Å². The van der Waals surface area contributed by atoms with Gasteiger partial charge in [-0.15, -0.1) is 0 Å². The quantitative estimate of drug-likeness (QED) is 0.370. The third kappa shape index (κ3) is 2.22. The number of aromatic amines is 1. The number of benzene rings is 4. The van der Waals surface area contributed by atoms with Crippen molar-refractivity contribution in [1.29, 1.82) is 0 Å². The lowest BCUT2D eigenvalue weighted by atomic mass is 10.0. The molecule has 5 rings (SSSR count). The van der Waals surface area contributed by atoms with Gasteiger partial charge in [-0.25, -0.2) is 4.98 Å². The number of fused-ring (bicyclic) bond motifs is 6. The second-order valence-electron chi connectivity index (χ2n) is 6.01. The van der Waals surface area contributed by atoms with Crippen molar-refractivity contribution in [3.05, 3.63) is 72.8 Å². The van der Waals surface area contributed by atoms with E-state index in [1.165, 1.54) is 10.8 Å². The molecular formula is C21H13FN2S. The Bertz CT molecular complexity index is 1170. The summed E-state index contributed by atoms with van der Waals surface area (Å²) >= 11 is 0.248. The molecule has 0 radical (unpaired) electrons. The van der Waals surface area contributed by atoms with E-state index in [0.29, 0.717) is 4.90 Å². The van der Waals surface area contributed by atoms with Crippen LogP contribution in [0.5, 0.6) is 0 Å². The highest BCUT2D eigenvalue weighted by molar-refractivity contribution is 7.94. The molecule has 0 aliphatic carbocycles. The first-order valence-electron chi connectivity index (χ1n) is 8.03. The minimum atomic E-state index is 0.248. The Kier molecular flexibility index (Phi) is 3.25. The maximum Gasteiger partial charge on any atom is 0.138 e. The number of aromatic nitrogens is 2. The average Bonchev–Trinajstić information content (AvgIpc) is 3.14. The summed E-state index contributed by atoms with van der Waals surface area (Å²) < 4.78 is 12.9. The Labute approximate surface area is 148 Å². The van der Waals surface area contributed by atoms with E-state index in [1.807, 2.05) is 30.3 Å². The largest absolute Gasteiger partial charge is 0.337 e. The number of nitrogens with one attached hydrogen (secondary N) is 1. The Morgan fingerprint density at radius 1 is 0.760 bits per heavy atom. The molecule has 0 unspecified atom stereocenters. The standard InChI is InChI=1S/C21H13FN2S/c22-25-14-7-5-6-13(12-14)21-23-19-17-10-3-1-8-15(17)16-9-2-4-11-18(16)20(19)24-21/h1-12H,(H,23,24). The van der Waals surface area contributed by atoms with Crippen LogP contribution in [0.2, 0.25) is 0 Å². The van der Waals surface area contributed by atoms with Crippen LogP contribution in [0.3, 0.4) is 0 Å². The van der Waals surface area contributed by atoms with Crippen molar-refractivity contribution in [1.82, 2.24) is 9.97 Å². The van der Waals surface area contributed by atoms with Gasteiger partial charge in [-0.1, -0.05) is 60.7 Å². The molecule has 0 atom stereocenters. The first kappa shape index (κ1) is 14.5. The molecule has 2 nitrogen and oxygen atoms in total. The number of nitrogens with zero attached hydrogens (tertiary/aromatic N) is 1. The molecule has 0 aliphatic rings. The molecule has 5 aromatic rings. The molecule has 1 heterocycles. The van der Waals surface area contributed by atoms with Gasteiger partial charge in [0.25, 0.3) is 0 Å². The van der Waals surface area contributed by atoms with Crippen LogP contribution in [0, 0.1) is 0 Å². The summed E-state index contributed by atoms with van der Waals surface area (Å²) in [6.45, 7) is 0. The fraction of sp³-hybridized carbons (Fsp3) is 0. The van der Waals surface area contributed by atoms with E-state index >= 15 is 0 Å². The van der Waals surface area contributed by atoms with Crippen LogP contribution in [0.4, 0.5) is 3.89 Å². The van der Waals surface area contributed by atoms with E-state index in [2.05, 4.69) is 41.4 Å². The smallest absolute Gasteiger partial charge is 0.138 e. The molecule has 4 heteroatoms. The highest BCUT2D eigenvalue weighted by Gasteiger charge is 2.13. The van der Waals surface area contributed by atoms with Crippen LogP contribution in [-0.4, -0.2) is 9.97 Å². The van der Waals surface area contributed by atoms with Gasteiger partial charge in [-0.2, -0.15) is 3.89 Å². The minimum absolute atomic E-state index is 0.248. The van der Waals surface area contributed by atoms with Crippen LogP contribution in [0.1, 0.15) is 0 Å². The van der Waals surface area contributed by atoms with E-state index in [-0.39, 0.29) is 12.1 Å². The van der Waals surface area contributed by atoms with Gasteiger partial charge < -0.3 is 4.98 Å². The van der Waals surface area contributed by atoms with Gasteiger partial charge in [0, 0.05) is 21.2 Å². The Balaban J connectivity index is 1.90. The Morgan fingerprint density at radius 3 is 2.20 bits per heavy atom. The second-order valence-corrected chi connectivity index (χ2v) is 6.63. The Hall–Kier alpha value is -2.85. The van der Waals surface area contributed by atoms with Gasteiger partial charge in [0.1, 0.15) is 5.82 Å². The monoisotopic (exact) mass is 344 g/mol. The molecular weight excluding hydrogens is 331 g/mol. The highest BCUT2D eigenvalue weighted by Crippen LogP contribution is 2.35. The van der Waals surface area contributed by atoms with E-state index < -0.39 is 0 Å². The number of halogens is 1. The molecule has 4 aromatic carbocycles. The lowest BCUT2D eigenvalue weighted by Crippen LogP contribution is -1.81. The van der Waals surface area contributed by atoms with Crippen LogP contribution >= 0.6 is 12.1 Å². The van der Waals surface area contributed by atoms with E-state index in [1.54, 1.807) is 6.07 Å². The topological polar surface area (TPSA) is 28.7 Å². The molecule has 0 spiro atoms. The van der Waals surface area contributed by atoms with Gasteiger partial charge in [0.15, 0.2) is 0 Å². The summed E-state index contributed by atoms with van der Waals surface area (Å²) in [6.07, 6.45) is 0. The van der Waals surface area contributed by atoms with Crippen LogP contribution in [0.25, 0.3) is 44.0 Å². The minimum Gasteiger partial charge on any atom is -0.337 e. The van der Waals surface area contributed by atoms with Crippen molar-refractivity contribution < 1.29 is 3.89 Å². The van der Waals surface area contributed by atoms with E-state index in [0.717, 1.165) is 33.2 Å². The van der Waals surface area contributed by atoms with Crippen molar-refractivity contribution in [3.63, 3.8) is 0 Å². The maximum absolute atomic E-state index is 12.9. The summed E-state index contributed by atoms with van der Waals surface area (Å²) in [6, 6.07) is 24.0. The zero-order chi connectivity index (χ0) is 16.8. The molecule has 0 fully saturated rings. The fourth-order valence-corrected chi connectivity index (χ4v) is 3.75. The summed E-state index contributed by atoms with van der Waals surface area (Å²) in [5.41, 5.74) is 2.84. The summed E-state index contributed by atoms with van der Waals surface area (Å²) in [5, 5.41) is 4.66. The lowest BCUT2D eigenvalue weighted by Gasteiger charge is -2.05. The zero-order valence-electron chi connectivity index (χ0n) is 13.2. The Morgan fingerprint density at radius 2 is 1.44 bits per heavy atom. The van der Waals surface area contributed by atoms with Gasteiger partial charge in [0.2, 0.25) is 0 Å². The van der Waals surface area contributed by atoms with Gasteiger partial charge in [-0.3, -0.25) is 0 Å². The summed E-state index contributed by atoms with van der Waals surface area (Å²) in [7, 11) is 0. The van der Waals surface area contributed by atoms with Crippen molar-refractivity contribution in [2.75, 3.05) is 0 Å². The molecule has 0 saturated heterocycles. The molecule has 1 aromatic heterocycles. The summed E-state index contributed by atoms with van der Waals surface area (Å²) in [5.74, 6) is 0.757. The SMILES string of the molecule is FSc1cccc(-c2nc3c4ccccc4c4ccccc4c3[nH]2)c1. The molecule has 0 bridgehead atoms. The van der Waals surface area contributed by atoms with Gasteiger partial charge >= 0.3 is 0 Å². The number of hydrogen-bond donors (Lipinski definition) is 1. The summed E-state index contributed by atoms with van der Waals surface area (Å²) in [4.78, 5) is 8.88. The van der Waals surface area contributed by atoms with Gasteiger partial charge in [-0.05, 0) is 22.9 Å². The molecule has 1 N–H and O–H groups in total. The number of rotatable bonds is 2. The lowest BCUT2D eigenvalue weighted by molar-refractivity contribution is 0.934. The average molecular weight is 344 g/mol. The van der Waals surface area contributed by atoms with Crippen molar-refractivity contribution in [2.24, 2.45) is 0 Å². The maximum atomic E-state index is 12.9. The van der Waals surface area contributed by atoms with E-state index in [9.17, 15) is 3.89 Å². The predicted octanol–water partition coefficient (Wildman–Crippen LogP) is 6.51. The molecule has 0 aliphatic heterocycles. The van der Waals surface area contributed by atoms with Gasteiger partial charge in [0.05, 0.1) is 23.2 Å². The molecule has 25 heavy (non-hydrogen) atoms. The number of imidazole rings is 1. The molecule has 120 valence electrons. The third-order valence-corrected chi connectivity index (χ3v) is 5.00. The second kappa shape index (κ2) is 5.60. The molecule has 0 amide bonds. The van der Waals surface area contributed by atoms with Crippen molar-refractivity contribution in [2.45, 2.75) is 4.90 Å². The predicted molar refractivity (Wildman–Crippen MR) is 104 cm³/mol. The van der Waals surface area contributed by atoms with Crippen molar-refractivity contribution >= 4 is 44.7 Å². The first-order chi connectivity index (χ1) is 12.3. The normalized spacial score (nSPS) is 11.6. The van der Waals surface area contributed by atoms with Crippen LogP contribution in [0.15, 0.2) is 77.7 Å². The molecule has 0 saturated carbocycles. The number of H-pyrrole nitrogens is 1. The van der Waals surface area contributed by atoms with Crippen molar-refractivity contribution in [3.8, 4) is 11.4 Å². The van der Waals surface area contributed by atoms with Crippen LogP contribution in [-0.2, 0) is 0 Å². The third-order valence-electron chi connectivity index (χ3n) is 4.57. The highest BCUT2D eigenvalue weighted by atomic mass is 32.2.